The van der Waals surface area contributed by atoms with Gasteiger partial charge in [0.2, 0.25) is 5.91 Å². The summed E-state index contributed by atoms with van der Waals surface area (Å²) >= 11 is 0. The van der Waals surface area contributed by atoms with E-state index < -0.39 is 5.91 Å². The minimum Gasteiger partial charge on any atom is -0.465 e. The second-order valence-corrected chi connectivity index (χ2v) is 2.21. The molecule has 3 heteroatoms. The van der Waals surface area contributed by atoms with Gasteiger partial charge < -0.3 is 10.2 Å². The zero-order valence-corrected chi connectivity index (χ0v) is 6.20. The summed E-state index contributed by atoms with van der Waals surface area (Å²) in [6, 6.07) is 3.51. The Bertz CT molecular complexity index is 272. The topological polar surface area (TPSA) is 56.2 Å². The smallest absolute Gasteiger partial charge is 0.244 e. The number of hydrogen-bond donors (Lipinski definition) is 1. The second-order valence-electron chi connectivity index (χ2n) is 2.21. The standard InChI is InChI=1S/C8H9NO2/c1-6(8(9)10)5-7-3-2-4-11-7/h2-5H,1H3,(H2,9,10)/b6-5-. The van der Waals surface area contributed by atoms with Gasteiger partial charge in [-0.2, -0.15) is 0 Å². The quantitative estimate of drug-likeness (QED) is 0.645. The Morgan fingerprint density at radius 2 is 2.45 bits per heavy atom. The highest BCUT2D eigenvalue weighted by Gasteiger charge is 1.97. The Hall–Kier alpha value is -1.51. The van der Waals surface area contributed by atoms with Gasteiger partial charge in [-0.05, 0) is 25.1 Å². The molecular formula is C8H9NO2. The molecule has 0 aromatic carbocycles. The summed E-state index contributed by atoms with van der Waals surface area (Å²) in [6.45, 7) is 1.64. The van der Waals surface area contributed by atoms with Crippen LogP contribution in [0.3, 0.4) is 0 Å². The predicted octanol–water partition coefficient (Wildman–Crippen LogP) is 1.17. The van der Waals surface area contributed by atoms with Crippen molar-refractivity contribution in [2.75, 3.05) is 0 Å². The number of amides is 1. The molecule has 0 saturated heterocycles. The molecule has 0 saturated carbocycles. The van der Waals surface area contributed by atoms with Gasteiger partial charge in [0.05, 0.1) is 6.26 Å². The van der Waals surface area contributed by atoms with E-state index in [0.29, 0.717) is 11.3 Å². The lowest BCUT2D eigenvalue weighted by atomic mass is 10.2. The maximum atomic E-state index is 10.5. The number of carbonyl (C=O) groups is 1. The Labute approximate surface area is 64.5 Å². The van der Waals surface area contributed by atoms with Crippen LogP contribution in [0, 0.1) is 0 Å². The van der Waals surface area contributed by atoms with Crippen LogP contribution in [0.2, 0.25) is 0 Å². The molecule has 0 aliphatic heterocycles. The first kappa shape index (κ1) is 7.60. The summed E-state index contributed by atoms with van der Waals surface area (Å²) in [6.07, 6.45) is 3.14. The molecule has 11 heavy (non-hydrogen) atoms. The molecule has 0 atom stereocenters. The summed E-state index contributed by atoms with van der Waals surface area (Å²) in [5.41, 5.74) is 5.49. The van der Waals surface area contributed by atoms with Gasteiger partial charge in [-0.3, -0.25) is 4.79 Å². The molecule has 0 fully saturated rings. The summed E-state index contributed by atoms with van der Waals surface area (Å²) < 4.78 is 4.97. The summed E-state index contributed by atoms with van der Waals surface area (Å²) in [7, 11) is 0. The lowest BCUT2D eigenvalue weighted by molar-refractivity contribution is -0.114. The fraction of sp³-hybridized carbons (Fsp3) is 0.125. The van der Waals surface area contributed by atoms with E-state index in [1.807, 2.05) is 0 Å². The molecule has 1 rings (SSSR count). The van der Waals surface area contributed by atoms with Crippen molar-refractivity contribution in [2.45, 2.75) is 6.92 Å². The third kappa shape index (κ3) is 1.97. The van der Waals surface area contributed by atoms with Crippen molar-refractivity contribution < 1.29 is 9.21 Å². The van der Waals surface area contributed by atoms with Crippen molar-refractivity contribution in [3.8, 4) is 0 Å². The van der Waals surface area contributed by atoms with Crippen molar-refractivity contribution in [3.05, 3.63) is 29.7 Å². The molecule has 0 aliphatic carbocycles. The van der Waals surface area contributed by atoms with Crippen LogP contribution in [0.5, 0.6) is 0 Å². The fourth-order valence-electron chi connectivity index (χ4n) is 0.658. The van der Waals surface area contributed by atoms with E-state index in [1.54, 1.807) is 31.4 Å². The minimum atomic E-state index is -0.429. The molecule has 1 aromatic rings. The van der Waals surface area contributed by atoms with Crippen LogP contribution in [-0.4, -0.2) is 5.91 Å². The molecule has 3 nitrogen and oxygen atoms in total. The van der Waals surface area contributed by atoms with Gasteiger partial charge in [0.1, 0.15) is 5.76 Å². The first-order chi connectivity index (χ1) is 5.20. The lowest BCUT2D eigenvalue weighted by Gasteiger charge is -1.90. The van der Waals surface area contributed by atoms with E-state index in [4.69, 9.17) is 10.2 Å². The lowest BCUT2D eigenvalue weighted by Crippen LogP contribution is -2.11. The number of hydrogen-bond acceptors (Lipinski definition) is 2. The Balaban J connectivity index is 2.82. The molecule has 0 aliphatic rings. The van der Waals surface area contributed by atoms with Gasteiger partial charge in [-0.1, -0.05) is 0 Å². The average molecular weight is 151 g/mol. The van der Waals surface area contributed by atoms with Gasteiger partial charge in [0, 0.05) is 5.57 Å². The van der Waals surface area contributed by atoms with E-state index >= 15 is 0 Å². The van der Waals surface area contributed by atoms with Gasteiger partial charge in [-0.25, -0.2) is 0 Å². The van der Waals surface area contributed by atoms with E-state index in [9.17, 15) is 4.79 Å². The van der Waals surface area contributed by atoms with Crippen molar-refractivity contribution in [1.29, 1.82) is 0 Å². The van der Waals surface area contributed by atoms with Crippen LogP contribution in [0.4, 0.5) is 0 Å². The molecule has 0 bridgehead atoms. The summed E-state index contributed by atoms with van der Waals surface area (Å²) in [5, 5.41) is 0. The van der Waals surface area contributed by atoms with Crippen LogP contribution in [-0.2, 0) is 4.79 Å². The number of nitrogens with two attached hydrogens (primary N) is 1. The van der Waals surface area contributed by atoms with Crippen LogP contribution in [0.25, 0.3) is 6.08 Å². The van der Waals surface area contributed by atoms with E-state index in [1.165, 1.54) is 0 Å². The van der Waals surface area contributed by atoms with Gasteiger partial charge in [0.15, 0.2) is 0 Å². The average Bonchev–Trinajstić information content (AvgIpc) is 2.39. The molecule has 1 heterocycles. The highest BCUT2D eigenvalue weighted by molar-refractivity contribution is 5.95. The SMILES string of the molecule is C/C(=C/c1ccco1)C(N)=O. The minimum absolute atomic E-state index is 0.429. The number of primary amides is 1. The molecule has 0 radical (unpaired) electrons. The van der Waals surface area contributed by atoms with Crippen molar-refractivity contribution in [1.82, 2.24) is 0 Å². The molecular weight excluding hydrogens is 142 g/mol. The Morgan fingerprint density at radius 3 is 2.91 bits per heavy atom. The monoisotopic (exact) mass is 151 g/mol. The third-order valence-electron chi connectivity index (χ3n) is 1.29. The fourth-order valence-corrected chi connectivity index (χ4v) is 0.658. The largest absolute Gasteiger partial charge is 0.465 e. The van der Waals surface area contributed by atoms with Gasteiger partial charge >= 0.3 is 0 Å². The number of rotatable bonds is 2. The van der Waals surface area contributed by atoms with E-state index in [0.717, 1.165) is 0 Å². The van der Waals surface area contributed by atoms with Crippen LogP contribution in [0.1, 0.15) is 12.7 Å². The summed E-state index contributed by atoms with van der Waals surface area (Å²) in [5.74, 6) is 0.211. The Morgan fingerprint density at radius 1 is 1.73 bits per heavy atom. The zero-order valence-electron chi connectivity index (χ0n) is 6.20. The number of carbonyl (C=O) groups excluding carboxylic acids is 1. The maximum Gasteiger partial charge on any atom is 0.244 e. The van der Waals surface area contributed by atoms with E-state index in [2.05, 4.69) is 0 Å². The van der Waals surface area contributed by atoms with Crippen LogP contribution < -0.4 is 5.73 Å². The molecule has 0 unspecified atom stereocenters. The van der Waals surface area contributed by atoms with Crippen molar-refractivity contribution in [2.24, 2.45) is 5.73 Å². The van der Waals surface area contributed by atoms with Gasteiger partial charge in [0.25, 0.3) is 0 Å². The Kier molecular flexibility index (Phi) is 2.11. The van der Waals surface area contributed by atoms with Crippen LogP contribution in [0.15, 0.2) is 28.4 Å². The normalized spacial score (nSPS) is 11.5. The third-order valence-corrected chi connectivity index (χ3v) is 1.29. The summed E-state index contributed by atoms with van der Waals surface area (Å²) in [4.78, 5) is 10.5. The molecule has 58 valence electrons. The maximum absolute atomic E-state index is 10.5. The first-order valence-electron chi connectivity index (χ1n) is 3.22. The molecule has 1 amide bonds. The second kappa shape index (κ2) is 3.05. The molecule has 1 aromatic heterocycles. The number of furan rings is 1. The highest BCUT2D eigenvalue weighted by Crippen LogP contribution is 2.05. The van der Waals surface area contributed by atoms with Crippen molar-refractivity contribution in [3.63, 3.8) is 0 Å². The first-order valence-corrected chi connectivity index (χ1v) is 3.22. The predicted molar refractivity (Wildman–Crippen MR) is 41.6 cm³/mol. The van der Waals surface area contributed by atoms with E-state index in [-0.39, 0.29) is 0 Å². The van der Waals surface area contributed by atoms with Crippen LogP contribution >= 0.6 is 0 Å². The zero-order chi connectivity index (χ0) is 8.27. The molecule has 2 N–H and O–H groups in total. The highest BCUT2D eigenvalue weighted by atomic mass is 16.3. The van der Waals surface area contributed by atoms with Gasteiger partial charge in [-0.15, -0.1) is 0 Å². The van der Waals surface area contributed by atoms with Crippen molar-refractivity contribution >= 4 is 12.0 Å². The molecule has 0 spiro atoms.